The largest absolute Gasteiger partial charge is 0.493 e. The lowest BCUT2D eigenvalue weighted by molar-refractivity contribution is -0.130. The lowest BCUT2D eigenvalue weighted by Gasteiger charge is -2.20. The van der Waals surface area contributed by atoms with Gasteiger partial charge in [-0.25, -0.2) is 0 Å². The molecule has 4 heteroatoms. The number of para-hydroxylation sites is 2. The van der Waals surface area contributed by atoms with Gasteiger partial charge >= 0.3 is 0 Å². The van der Waals surface area contributed by atoms with E-state index in [1.807, 2.05) is 36.2 Å². The fourth-order valence-corrected chi connectivity index (χ4v) is 3.57. The fraction of sp³-hybridized carbons (Fsp3) is 0.409. The number of hydrogen-bond acceptors (Lipinski definition) is 3. The predicted octanol–water partition coefficient (Wildman–Crippen LogP) is 4.04. The molecule has 0 bridgehead atoms. The molecule has 1 aliphatic rings. The van der Waals surface area contributed by atoms with E-state index in [1.165, 1.54) is 11.1 Å². The Kier molecular flexibility index (Phi) is 6.16. The molecule has 1 aliphatic carbocycles. The Hall–Kier alpha value is -2.49. The number of fused-ring (bicyclic) bond motifs is 1. The smallest absolute Gasteiger partial charge is 0.222 e. The predicted molar refractivity (Wildman–Crippen MR) is 103 cm³/mol. The normalized spacial score (nSPS) is 15.4. The first kappa shape index (κ1) is 18.3. The molecule has 0 saturated heterocycles. The van der Waals surface area contributed by atoms with Gasteiger partial charge in [0.25, 0.3) is 0 Å². The summed E-state index contributed by atoms with van der Waals surface area (Å²) in [6.07, 6.45) is 3.56. The molecule has 1 atom stereocenters. The molecular formula is C22H27NO3. The summed E-state index contributed by atoms with van der Waals surface area (Å²) in [5.41, 5.74) is 2.76. The Balaban J connectivity index is 1.42. The quantitative estimate of drug-likeness (QED) is 0.672. The SMILES string of the molecule is COc1ccccc1OCCCN(C)C(=O)C[C@H]1CCc2ccccc21. The summed E-state index contributed by atoms with van der Waals surface area (Å²) in [7, 11) is 3.52. The summed E-state index contributed by atoms with van der Waals surface area (Å²) < 4.78 is 11.1. The van der Waals surface area contributed by atoms with Gasteiger partial charge in [-0.1, -0.05) is 36.4 Å². The molecule has 0 fully saturated rings. The van der Waals surface area contributed by atoms with Crippen LogP contribution in [0.1, 0.15) is 36.3 Å². The van der Waals surface area contributed by atoms with Crippen molar-refractivity contribution in [2.45, 2.75) is 31.6 Å². The van der Waals surface area contributed by atoms with Crippen molar-refractivity contribution in [3.63, 3.8) is 0 Å². The Labute approximate surface area is 155 Å². The molecule has 0 heterocycles. The van der Waals surface area contributed by atoms with Crippen molar-refractivity contribution < 1.29 is 14.3 Å². The van der Waals surface area contributed by atoms with Crippen molar-refractivity contribution in [1.29, 1.82) is 0 Å². The molecule has 0 spiro atoms. The summed E-state index contributed by atoms with van der Waals surface area (Å²) in [4.78, 5) is 14.4. The molecule has 0 radical (unpaired) electrons. The van der Waals surface area contributed by atoms with Crippen LogP contribution in [-0.4, -0.2) is 38.1 Å². The van der Waals surface area contributed by atoms with Crippen LogP contribution in [0.4, 0.5) is 0 Å². The summed E-state index contributed by atoms with van der Waals surface area (Å²) in [5.74, 6) is 2.05. The van der Waals surface area contributed by atoms with Crippen LogP contribution in [0.25, 0.3) is 0 Å². The third-order valence-electron chi connectivity index (χ3n) is 5.07. The first-order chi connectivity index (χ1) is 12.7. The lowest BCUT2D eigenvalue weighted by Crippen LogP contribution is -2.29. The van der Waals surface area contributed by atoms with Crippen molar-refractivity contribution in [3.05, 3.63) is 59.7 Å². The van der Waals surface area contributed by atoms with Gasteiger partial charge in [0.2, 0.25) is 5.91 Å². The Morgan fingerprint density at radius 1 is 1.12 bits per heavy atom. The van der Waals surface area contributed by atoms with E-state index in [2.05, 4.69) is 24.3 Å². The number of methoxy groups -OCH3 is 1. The highest BCUT2D eigenvalue weighted by Crippen LogP contribution is 2.35. The van der Waals surface area contributed by atoms with Gasteiger partial charge in [-0.3, -0.25) is 4.79 Å². The summed E-state index contributed by atoms with van der Waals surface area (Å²) >= 11 is 0. The van der Waals surface area contributed by atoms with Crippen LogP contribution in [0.15, 0.2) is 48.5 Å². The minimum Gasteiger partial charge on any atom is -0.493 e. The number of amides is 1. The average molecular weight is 353 g/mol. The zero-order valence-electron chi connectivity index (χ0n) is 15.6. The third-order valence-corrected chi connectivity index (χ3v) is 5.07. The number of nitrogens with zero attached hydrogens (tertiary/aromatic N) is 1. The molecule has 2 aromatic rings. The standard InChI is InChI=1S/C22H27NO3/c1-23(14-7-15-26-21-11-6-5-10-20(21)25-2)22(24)16-18-13-12-17-8-3-4-9-19(17)18/h3-6,8-11,18H,7,12-16H2,1-2H3/t18-/m1/s1. The number of rotatable bonds is 8. The van der Waals surface area contributed by atoms with E-state index in [9.17, 15) is 4.79 Å². The van der Waals surface area contributed by atoms with Crippen molar-refractivity contribution in [1.82, 2.24) is 4.90 Å². The Morgan fingerprint density at radius 3 is 2.65 bits per heavy atom. The first-order valence-corrected chi connectivity index (χ1v) is 9.26. The second-order valence-corrected chi connectivity index (χ2v) is 6.81. The van der Waals surface area contributed by atoms with E-state index in [-0.39, 0.29) is 5.91 Å². The van der Waals surface area contributed by atoms with Crippen LogP contribution in [-0.2, 0) is 11.2 Å². The maximum Gasteiger partial charge on any atom is 0.222 e. The van der Waals surface area contributed by atoms with Crippen molar-refractivity contribution in [3.8, 4) is 11.5 Å². The second kappa shape index (κ2) is 8.75. The van der Waals surface area contributed by atoms with Crippen molar-refractivity contribution in [2.75, 3.05) is 27.3 Å². The van der Waals surface area contributed by atoms with Crippen LogP contribution in [0.5, 0.6) is 11.5 Å². The zero-order chi connectivity index (χ0) is 18.4. The average Bonchev–Trinajstić information content (AvgIpc) is 3.08. The zero-order valence-corrected chi connectivity index (χ0v) is 15.6. The number of carbonyl (C=O) groups excluding carboxylic acids is 1. The molecule has 26 heavy (non-hydrogen) atoms. The Bertz CT molecular complexity index is 744. The van der Waals surface area contributed by atoms with E-state index in [0.29, 0.717) is 25.5 Å². The lowest BCUT2D eigenvalue weighted by atomic mass is 9.97. The highest BCUT2D eigenvalue weighted by molar-refractivity contribution is 5.77. The Morgan fingerprint density at radius 2 is 1.85 bits per heavy atom. The first-order valence-electron chi connectivity index (χ1n) is 9.26. The molecule has 2 aromatic carbocycles. The van der Waals surface area contributed by atoms with Crippen LogP contribution in [0.3, 0.4) is 0 Å². The van der Waals surface area contributed by atoms with E-state index in [1.54, 1.807) is 7.11 Å². The highest BCUT2D eigenvalue weighted by Gasteiger charge is 2.25. The maximum atomic E-state index is 12.5. The molecule has 3 rings (SSSR count). The maximum absolute atomic E-state index is 12.5. The van der Waals surface area contributed by atoms with Crippen LogP contribution in [0.2, 0.25) is 0 Å². The van der Waals surface area contributed by atoms with Gasteiger partial charge in [0.15, 0.2) is 11.5 Å². The number of hydrogen-bond donors (Lipinski definition) is 0. The minimum atomic E-state index is 0.212. The minimum absolute atomic E-state index is 0.212. The van der Waals surface area contributed by atoms with Gasteiger partial charge in [0.1, 0.15) is 0 Å². The van der Waals surface area contributed by atoms with Gasteiger partial charge in [0.05, 0.1) is 13.7 Å². The third kappa shape index (κ3) is 4.37. The van der Waals surface area contributed by atoms with Gasteiger partial charge in [0, 0.05) is 20.0 Å². The molecule has 0 aromatic heterocycles. The monoisotopic (exact) mass is 353 g/mol. The number of benzene rings is 2. The van der Waals surface area contributed by atoms with E-state index in [4.69, 9.17) is 9.47 Å². The van der Waals surface area contributed by atoms with Gasteiger partial charge < -0.3 is 14.4 Å². The fourth-order valence-electron chi connectivity index (χ4n) is 3.57. The van der Waals surface area contributed by atoms with Gasteiger partial charge in [-0.2, -0.15) is 0 Å². The van der Waals surface area contributed by atoms with E-state index < -0.39 is 0 Å². The van der Waals surface area contributed by atoms with Crippen molar-refractivity contribution >= 4 is 5.91 Å². The van der Waals surface area contributed by atoms with E-state index in [0.717, 1.165) is 30.8 Å². The van der Waals surface area contributed by atoms with E-state index >= 15 is 0 Å². The van der Waals surface area contributed by atoms with Crippen molar-refractivity contribution in [2.24, 2.45) is 0 Å². The van der Waals surface area contributed by atoms with Crippen LogP contribution < -0.4 is 9.47 Å². The van der Waals surface area contributed by atoms with Crippen LogP contribution >= 0.6 is 0 Å². The highest BCUT2D eigenvalue weighted by atomic mass is 16.5. The molecule has 0 saturated carbocycles. The summed E-state index contributed by atoms with van der Waals surface area (Å²) in [5, 5.41) is 0. The topological polar surface area (TPSA) is 38.8 Å². The molecule has 0 N–H and O–H groups in total. The second-order valence-electron chi connectivity index (χ2n) is 6.81. The van der Waals surface area contributed by atoms with Gasteiger partial charge in [-0.05, 0) is 48.4 Å². The molecule has 0 unspecified atom stereocenters. The van der Waals surface area contributed by atoms with Gasteiger partial charge in [-0.15, -0.1) is 0 Å². The summed E-state index contributed by atoms with van der Waals surface area (Å²) in [6, 6.07) is 16.1. The molecular weight excluding hydrogens is 326 g/mol. The number of aryl methyl sites for hydroxylation is 1. The van der Waals surface area contributed by atoms with Crippen LogP contribution in [0, 0.1) is 0 Å². The summed E-state index contributed by atoms with van der Waals surface area (Å²) in [6.45, 7) is 1.26. The molecule has 1 amide bonds. The molecule has 0 aliphatic heterocycles. The number of carbonyl (C=O) groups is 1. The molecule has 4 nitrogen and oxygen atoms in total. The number of ether oxygens (including phenoxy) is 2. The molecule has 138 valence electrons.